The van der Waals surface area contributed by atoms with Gasteiger partial charge in [-0.2, -0.15) is 0 Å². The van der Waals surface area contributed by atoms with Gasteiger partial charge in [0, 0.05) is 43.3 Å². The molecule has 8 heteroatoms. The number of carbonyl (C=O) groups is 1. The normalized spacial score (nSPS) is 19.3. The summed E-state index contributed by atoms with van der Waals surface area (Å²) < 4.78 is 0. The third kappa shape index (κ3) is 6.48. The predicted molar refractivity (Wildman–Crippen MR) is 135 cm³/mol. The molecule has 0 radical (unpaired) electrons. The topological polar surface area (TPSA) is 94.7 Å². The summed E-state index contributed by atoms with van der Waals surface area (Å²) in [5.41, 5.74) is 8.21. The number of pyridine rings is 1. The Morgan fingerprint density at radius 1 is 1.12 bits per heavy atom. The van der Waals surface area contributed by atoms with Gasteiger partial charge in [-0.1, -0.05) is 23.7 Å². The fraction of sp³-hybridized carbons (Fsp3) is 0.538. The van der Waals surface area contributed by atoms with Crippen LogP contribution < -0.4 is 11.1 Å². The van der Waals surface area contributed by atoms with Crippen LogP contribution in [0.25, 0.3) is 0 Å². The Labute approximate surface area is 207 Å². The molecule has 0 bridgehead atoms. The van der Waals surface area contributed by atoms with E-state index in [1.165, 1.54) is 11.1 Å². The molecule has 4 rings (SSSR count). The molecule has 2 aromatic rings. The number of benzene rings is 1. The number of anilines is 1. The molecule has 2 saturated heterocycles. The molecule has 3 heterocycles. The number of nitrogens with two attached hydrogens (primary N) is 1. The highest BCUT2D eigenvalue weighted by Gasteiger charge is 2.33. The van der Waals surface area contributed by atoms with Crippen molar-refractivity contribution in [2.24, 2.45) is 11.8 Å². The van der Waals surface area contributed by atoms with Gasteiger partial charge in [0.15, 0.2) is 0 Å². The number of aromatic nitrogens is 1. The van der Waals surface area contributed by atoms with Crippen molar-refractivity contribution < 1.29 is 9.90 Å². The molecule has 0 aliphatic carbocycles. The number of aliphatic hydroxyl groups is 1. The van der Waals surface area contributed by atoms with Gasteiger partial charge < -0.3 is 15.7 Å². The molecule has 2 aliphatic heterocycles. The first-order valence-electron chi connectivity index (χ1n) is 12.3. The van der Waals surface area contributed by atoms with Crippen molar-refractivity contribution in [1.82, 2.24) is 20.1 Å². The van der Waals surface area contributed by atoms with Crippen LogP contribution in [0.5, 0.6) is 0 Å². The molecule has 1 amide bonds. The molecule has 1 unspecified atom stereocenters. The molecule has 34 heavy (non-hydrogen) atoms. The molecule has 1 aromatic carbocycles. The molecule has 0 saturated carbocycles. The fourth-order valence-corrected chi connectivity index (χ4v) is 5.58. The Kier molecular flexibility index (Phi) is 8.78. The van der Waals surface area contributed by atoms with Gasteiger partial charge in [-0.3, -0.25) is 15.0 Å². The van der Waals surface area contributed by atoms with Crippen molar-refractivity contribution in [3.05, 3.63) is 58.7 Å². The number of nitrogen functional groups attached to an aromatic ring is 1. The second-order valence-electron chi connectivity index (χ2n) is 9.57. The average Bonchev–Trinajstić information content (AvgIpc) is 2.86. The summed E-state index contributed by atoms with van der Waals surface area (Å²) >= 11 is 6.08. The third-order valence-electron chi connectivity index (χ3n) is 7.38. The van der Waals surface area contributed by atoms with E-state index in [0.29, 0.717) is 23.6 Å². The smallest absolute Gasteiger partial charge is 0.225 e. The largest absolute Gasteiger partial charge is 0.384 e. The molecule has 7 nitrogen and oxygen atoms in total. The number of rotatable bonds is 8. The van der Waals surface area contributed by atoms with Crippen LogP contribution in [0.2, 0.25) is 5.02 Å². The molecule has 4 N–H and O–H groups in total. The number of hydrogen-bond donors (Lipinski definition) is 3. The molecule has 2 aliphatic rings. The monoisotopic (exact) mass is 485 g/mol. The minimum Gasteiger partial charge on any atom is -0.384 e. The first-order chi connectivity index (χ1) is 16.5. The van der Waals surface area contributed by atoms with Crippen molar-refractivity contribution in [1.29, 1.82) is 0 Å². The van der Waals surface area contributed by atoms with Gasteiger partial charge in [0.05, 0.1) is 6.73 Å². The summed E-state index contributed by atoms with van der Waals surface area (Å²) in [4.78, 5) is 21.8. The second kappa shape index (κ2) is 12.0. The van der Waals surface area contributed by atoms with Gasteiger partial charge in [0.2, 0.25) is 5.91 Å². The second-order valence-corrected chi connectivity index (χ2v) is 10.0. The van der Waals surface area contributed by atoms with E-state index in [9.17, 15) is 9.90 Å². The number of halogens is 1. The quantitative estimate of drug-likeness (QED) is 0.497. The number of carbonyl (C=O) groups excluding carboxylic acids is 1. The standard InChI is InChI=1S/C26H36ClN5O2/c27-23-3-1-20(2-4-23)24(16-29-18-33)21-8-13-32(14-9-21)26(34)22-6-11-31(12-7-22)17-19-5-10-30-25(28)15-19/h1-5,10,15,21-22,24,29,33H,6-9,11-14,16-18H2,(H2,28,30). The molecule has 1 atom stereocenters. The van der Waals surface area contributed by atoms with E-state index in [-0.39, 0.29) is 12.6 Å². The number of nitrogens with zero attached hydrogens (tertiary/aromatic N) is 3. The van der Waals surface area contributed by atoms with E-state index < -0.39 is 0 Å². The lowest BCUT2D eigenvalue weighted by Crippen LogP contribution is -2.46. The highest BCUT2D eigenvalue weighted by atomic mass is 35.5. The molecule has 0 spiro atoms. The van der Waals surface area contributed by atoms with Crippen molar-refractivity contribution in [2.75, 3.05) is 45.2 Å². The van der Waals surface area contributed by atoms with Crippen LogP contribution in [-0.2, 0) is 11.3 Å². The van der Waals surface area contributed by atoms with Gasteiger partial charge in [-0.25, -0.2) is 4.98 Å². The molecular weight excluding hydrogens is 450 g/mol. The van der Waals surface area contributed by atoms with Crippen LogP contribution in [0.15, 0.2) is 42.6 Å². The Bertz CT molecular complexity index is 925. The average molecular weight is 486 g/mol. The summed E-state index contributed by atoms with van der Waals surface area (Å²) in [5.74, 6) is 1.77. The Hall–Kier alpha value is -2.19. The lowest BCUT2D eigenvalue weighted by molar-refractivity contribution is -0.138. The lowest BCUT2D eigenvalue weighted by atomic mass is 9.79. The SMILES string of the molecule is Nc1cc(CN2CCC(C(=O)N3CCC(C(CNCO)c4ccc(Cl)cc4)CC3)CC2)ccn1. The summed E-state index contributed by atoms with van der Waals surface area (Å²) in [7, 11) is 0. The maximum Gasteiger partial charge on any atom is 0.225 e. The van der Waals surface area contributed by atoms with Crippen LogP contribution in [-0.4, -0.2) is 65.3 Å². The zero-order chi connectivity index (χ0) is 23.9. The Morgan fingerprint density at radius 3 is 2.47 bits per heavy atom. The van der Waals surface area contributed by atoms with Crippen molar-refractivity contribution in [3.63, 3.8) is 0 Å². The van der Waals surface area contributed by atoms with E-state index >= 15 is 0 Å². The van der Waals surface area contributed by atoms with Crippen LogP contribution in [0.3, 0.4) is 0 Å². The first-order valence-corrected chi connectivity index (χ1v) is 12.7. The number of likely N-dealkylation sites (tertiary alicyclic amines) is 2. The lowest BCUT2D eigenvalue weighted by Gasteiger charge is -2.39. The predicted octanol–water partition coefficient (Wildman–Crippen LogP) is 3.09. The number of amides is 1. The first kappa shape index (κ1) is 24.9. The van der Waals surface area contributed by atoms with Gasteiger partial charge in [0.25, 0.3) is 0 Å². The Balaban J connectivity index is 1.27. The van der Waals surface area contributed by atoms with Crippen LogP contribution in [0, 0.1) is 11.8 Å². The van der Waals surface area contributed by atoms with Crippen LogP contribution in [0.4, 0.5) is 5.82 Å². The summed E-state index contributed by atoms with van der Waals surface area (Å²) in [5, 5.41) is 13.1. The molecule has 2 fully saturated rings. The van der Waals surface area contributed by atoms with Gasteiger partial charge in [0.1, 0.15) is 5.82 Å². The highest BCUT2D eigenvalue weighted by molar-refractivity contribution is 6.30. The summed E-state index contributed by atoms with van der Waals surface area (Å²) in [6.07, 6.45) is 5.53. The number of aliphatic hydroxyl groups excluding tert-OH is 1. The highest BCUT2D eigenvalue weighted by Crippen LogP contribution is 2.34. The van der Waals surface area contributed by atoms with Crippen molar-refractivity contribution >= 4 is 23.3 Å². The zero-order valence-corrected chi connectivity index (χ0v) is 20.5. The maximum atomic E-state index is 13.2. The molecule has 184 valence electrons. The van der Waals surface area contributed by atoms with Crippen molar-refractivity contribution in [2.45, 2.75) is 38.1 Å². The van der Waals surface area contributed by atoms with E-state index in [1.54, 1.807) is 6.20 Å². The minimum absolute atomic E-state index is 0.0331. The maximum absolute atomic E-state index is 13.2. The van der Waals surface area contributed by atoms with E-state index in [0.717, 1.165) is 70.0 Å². The summed E-state index contributed by atoms with van der Waals surface area (Å²) in [6, 6.07) is 11.9. The van der Waals surface area contributed by atoms with E-state index in [1.807, 2.05) is 24.3 Å². The molecular formula is C26H36ClN5O2. The zero-order valence-electron chi connectivity index (χ0n) is 19.7. The van der Waals surface area contributed by atoms with Crippen LogP contribution in [0.1, 0.15) is 42.7 Å². The Morgan fingerprint density at radius 2 is 1.82 bits per heavy atom. The number of piperidine rings is 2. The summed E-state index contributed by atoms with van der Waals surface area (Å²) in [6.45, 7) is 5.02. The van der Waals surface area contributed by atoms with E-state index in [2.05, 4.69) is 32.2 Å². The molecule has 1 aromatic heterocycles. The minimum atomic E-state index is -0.0331. The van der Waals surface area contributed by atoms with Crippen molar-refractivity contribution in [3.8, 4) is 0 Å². The fourth-order valence-electron chi connectivity index (χ4n) is 5.46. The van der Waals surface area contributed by atoms with Gasteiger partial charge in [-0.15, -0.1) is 0 Å². The number of nitrogens with one attached hydrogen (secondary N) is 1. The van der Waals surface area contributed by atoms with Gasteiger partial charge >= 0.3 is 0 Å². The number of hydrogen-bond acceptors (Lipinski definition) is 6. The third-order valence-corrected chi connectivity index (χ3v) is 7.64. The van der Waals surface area contributed by atoms with E-state index in [4.69, 9.17) is 17.3 Å². The van der Waals surface area contributed by atoms with Gasteiger partial charge in [-0.05, 0) is 86.0 Å². The van der Waals surface area contributed by atoms with Crippen LogP contribution >= 0.6 is 11.6 Å².